The summed E-state index contributed by atoms with van der Waals surface area (Å²) in [7, 11) is 0. The monoisotopic (exact) mass is 361 g/mol. The first-order valence-corrected chi connectivity index (χ1v) is 9.60. The SMILES string of the molecule is CCC(C)C(C(=O)NCCc1ccc(-n2cccn2)cc1)c1ccccc1. The predicted molar refractivity (Wildman–Crippen MR) is 109 cm³/mol. The number of carbonyl (C=O) groups excluding carboxylic acids is 1. The average molecular weight is 361 g/mol. The maximum absolute atomic E-state index is 12.8. The van der Waals surface area contributed by atoms with Crippen molar-refractivity contribution in [2.24, 2.45) is 5.92 Å². The van der Waals surface area contributed by atoms with Crippen LogP contribution in [-0.4, -0.2) is 22.2 Å². The van der Waals surface area contributed by atoms with Crippen molar-refractivity contribution >= 4 is 5.91 Å². The lowest BCUT2D eigenvalue weighted by atomic mass is 9.85. The number of aromatic nitrogens is 2. The molecule has 1 aromatic heterocycles. The quantitative estimate of drug-likeness (QED) is 0.648. The van der Waals surface area contributed by atoms with Crippen molar-refractivity contribution in [3.8, 4) is 5.69 Å². The topological polar surface area (TPSA) is 46.9 Å². The molecular formula is C23H27N3O. The van der Waals surface area contributed by atoms with E-state index in [1.54, 1.807) is 6.20 Å². The van der Waals surface area contributed by atoms with Gasteiger partial charge < -0.3 is 5.32 Å². The number of hydrogen-bond donors (Lipinski definition) is 1. The number of amides is 1. The van der Waals surface area contributed by atoms with Gasteiger partial charge in [-0.1, -0.05) is 62.7 Å². The fourth-order valence-electron chi connectivity index (χ4n) is 3.31. The minimum Gasteiger partial charge on any atom is -0.355 e. The second-order valence-corrected chi connectivity index (χ2v) is 6.93. The summed E-state index contributed by atoms with van der Waals surface area (Å²) in [6.45, 7) is 4.92. The number of nitrogens with one attached hydrogen (secondary N) is 1. The van der Waals surface area contributed by atoms with Crippen LogP contribution in [0.15, 0.2) is 73.1 Å². The number of carbonyl (C=O) groups is 1. The first kappa shape index (κ1) is 18.9. The van der Waals surface area contributed by atoms with E-state index in [9.17, 15) is 4.79 Å². The van der Waals surface area contributed by atoms with E-state index in [0.29, 0.717) is 12.5 Å². The van der Waals surface area contributed by atoms with Crippen LogP contribution in [0.1, 0.15) is 37.3 Å². The van der Waals surface area contributed by atoms with Gasteiger partial charge in [-0.05, 0) is 41.7 Å². The standard InChI is InChI=1S/C23H27N3O/c1-3-18(2)22(20-8-5-4-6-9-20)23(27)24-16-14-19-10-12-21(13-11-19)26-17-7-15-25-26/h4-13,15,17-18,22H,3,14,16H2,1-2H3,(H,24,27). The third kappa shape index (κ3) is 4.85. The van der Waals surface area contributed by atoms with E-state index < -0.39 is 0 Å². The van der Waals surface area contributed by atoms with Crippen molar-refractivity contribution in [1.82, 2.24) is 15.1 Å². The smallest absolute Gasteiger partial charge is 0.227 e. The average Bonchev–Trinajstić information content (AvgIpc) is 3.24. The molecule has 4 nitrogen and oxygen atoms in total. The van der Waals surface area contributed by atoms with Crippen LogP contribution in [0.4, 0.5) is 0 Å². The van der Waals surface area contributed by atoms with Gasteiger partial charge in [0.25, 0.3) is 0 Å². The summed E-state index contributed by atoms with van der Waals surface area (Å²) in [6, 6.07) is 20.3. The van der Waals surface area contributed by atoms with Crippen molar-refractivity contribution in [3.05, 3.63) is 84.2 Å². The van der Waals surface area contributed by atoms with Crippen LogP contribution < -0.4 is 5.32 Å². The van der Waals surface area contributed by atoms with Gasteiger partial charge in [-0.15, -0.1) is 0 Å². The Kier molecular flexibility index (Phi) is 6.42. The van der Waals surface area contributed by atoms with Crippen LogP contribution in [0.2, 0.25) is 0 Å². The molecule has 3 aromatic rings. The summed E-state index contributed by atoms with van der Waals surface area (Å²) >= 11 is 0. The largest absolute Gasteiger partial charge is 0.355 e. The van der Waals surface area contributed by atoms with Gasteiger partial charge in [0, 0.05) is 18.9 Å². The summed E-state index contributed by atoms with van der Waals surface area (Å²) in [4.78, 5) is 12.8. The normalized spacial score (nSPS) is 13.1. The fourth-order valence-corrected chi connectivity index (χ4v) is 3.31. The third-order valence-corrected chi connectivity index (χ3v) is 5.07. The number of hydrogen-bond acceptors (Lipinski definition) is 2. The molecule has 3 rings (SSSR count). The van der Waals surface area contributed by atoms with Crippen molar-refractivity contribution in [3.63, 3.8) is 0 Å². The van der Waals surface area contributed by atoms with Gasteiger partial charge in [0.15, 0.2) is 0 Å². The highest BCUT2D eigenvalue weighted by atomic mass is 16.1. The summed E-state index contributed by atoms with van der Waals surface area (Å²) in [5, 5.41) is 7.36. The first-order chi connectivity index (χ1) is 13.2. The van der Waals surface area contributed by atoms with Gasteiger partial charge in [-0.2, -0.15) is 5.10 Å². The highest BCUT2D eigenvalue weighted by Gasteiger charge is 2.25. The Morgan fingerprint density at radius 2 is 1.81 bits per heavy atom. The van der Waals surface area contributed by atoms with Gasteiger partial charge in [0.1, 0.15) is 0 Å². The lowest BCUT2D eigenvalue weighted by Crippen LogP contribution is -2.34. The van der Waals surface area contributed by atoms with Crippen molar-refractivity contribution < 1.29 is 4.79 Å². The van der Waals surface area contributed by atoms with Crippen LogP contribution in [0, 0.1) is 5.92 Å². The molecule has 1 N–H and O–H groups in total. The van der Waals surface area contributed by atoms with E-state index in [4.69, 9.17) is 0 Å². The molecule has 2 atom stereocenters. The zero-order valence-electron chi connectivity index (χ0n) is 16.0. The third-order valence-electron chi connectivity index (χ3n) is 5.07. The van der Waals surface area contributed by atoms with E-state index >= 15 is 0 Å². The zero-order valence-corrected chi connectivity index (χ0v) is 16.0. The molecule has 0 saturated heterocycles. The fraction of sp³-hybridized carbons (Fsp3) is 0.304. The van der Waals surface area contributed by atoms with Gasteiger partial charge >= 0.3 is 0 Å². The molecule has 27 heavy (non-hydrogen) atoms. The predicted octanol–water partition coefficient (Wildman–Crippen LogP) is 4.36. The van der Waals surface area contributed by atoms with E-state index in [1.807, 2.05) is 47.3 Å². The van der Waals surface area contributed by atoms with Gasteiger partial charge in [0.05, 0.1) is 11.6 Å². The zero-order chi connectivity index (χ0) is 19.1. The Balaban J connectivity index is 1.57. The molecule has 1 heterocycles. The van der Waals surface area contributed by atoms with Gasteiger partial charge in [-0.3, -0.25) is 4.79 Å². The van der Waals surface area contributed by atoms with Crippen LogP contribution >= 0.6 is 0 Å². The maximum atomic E-state index is 12.8. The highest BCUT2D eigenvalue weighted by molar-refractivity contribution is 5.83. The summed E-state index contributed by atoms with van der Waals surface area (Å²) in [5.41, 5.74) is 3.33. The highest BCUT2D eigenvalue weighted by Crippen LogP contribution is 2.27. The lowest BCUT2D eigenvalue weighted by molar-refractivity contribution is -0.123. The van der Waals surface area contributed by atoms with Crippen molar-refractivity contribution in [2.75, 3.05) is 6.54 Å². The number of benzene rings is 2. The molecule has 1 amide bonds. The minimum atomic E-state index is -0.0987. The van der Waals surface area contributed by atoms with Crippen LogP contribution in [-0.2, 0) is 11.2 Å². The van der Waals surface area contributed by atoms with Crippen LogP contribution in [0.3, 0.4) is 0 Å². The molecule has 0 radical (unpaired) electrons. The molecule has 0 aliphatic rings. The Bertz CT molecular complexity index is 826. The maximum Gasteiger partial charge on any atom is 0.227 e. The molecule has 2 unspecified atom stereocenters. The lowest BCUT2D eigenvalue weighted by Gasteiger charge is -2.22. The Hall–Kier alpha value is -2.88. The summed E-state index contributed by atoms with van der Waals surface area (Å²) in [6.07, 6.45) is 5.48. The number of rotatable bonds is 8. The van der Waals surface area contributed by atoms with E-state index in [-0.39, 0.29) is 11.8 Å². The van der Waals surface area contributed by atoms with E-state index in [1.165, 1.54) is 5.56 Å². The van der Waals surface area contributed by atoms with E-state index in [2.05, 4.69) is 48.5 Å². The molecule has 140 valence electrons. The second kappa shape index (κ2) is 9.17. The molecule has 0 aliphatic carbocycles. The molecule has 0 spiro atoms. The molecular weight excluding hydrogens is 334 g/mol. The number of nitrogens with zero attached hydrogens (tertiary/aromatic N) is 2. The molecule has 2 aromatic carbocycles. The Morgan fingerprint density at radius 3 is 2.44 bits per heavy atom. The van der Waals surface area contributed by atoms with Gasteiger partial charge in [0.2, 0.25) is 5.91 Å². The van der Waals surface area contributed by atoms with Gasteiger partial charge in [-0.25, -0.2) is 4.68 Å². The summed E-state index contributed by atoms with van der Waals surface area (Å²) in [5.74, 6) is 0.322. The summed E-state index contributed by atoms with van der Waals surface area (Å²) < 4.78 is 1.84. The molecule has 0 fully saturated rings. The first-order valence-electron chi connectivity index (χ1n) is 9.60. The Labute approximate surface area is 161 Å². The molecule has 4 heteroatoms. The van der Waals surface area contributed by atoms with Crippen LogP contribution in [0.5, 0.6) is 0 Å². The molecule has 0 bridgehead atoms. The van der Waals surface area contributed by atoms with E-state index in [0.717, 1.165) is 24.1 Å². The van der Waals surface area contributed by atoms with Crippen molar-refractivity contribution in [2.45, 2.75) is 32.6 Å². The molecule has 0 saturated carbocycles. The van der Waals surface area contributed by atoms with Crippen molar-refractivity contribution in [1.29, 1.82) is 0 Å². The minimum absolute atomic E-state index is 0.0987. The van der Waals surface area contributed by atoms with Crippen LogP contribution in [0.25, 0.3) is 5.69 Å². The molecule has 0 aliphatic heterocycles. The second-order valence-electron chi connectivity index (χ2n) is 6.93. The Morgan fingerprint density at radius 1 is 1.07 bits per heavy atom.